The van der Waals surface area contributed by atoms with Crippen LogP contribution in [0.3, 0.4) is 0 Å². The highest BCUT2D eigenvalue weighted by Gasteiger charge is 2.49. The van der Waals surface area contributed by atoms with Crippen LogP contribution in [-0.2, 0) is 10.9 Å². The molecular formula is C25H22Cl2F4N6O5. The minimum absolute atomic E-state index is 0.0155. The average molecular weight is 633 g/mol. The zero-order valence-electron chi connectivity index (χ0n) is 21.7. The van der Waals surface area contributed by atoms with Gasteiger partial charge in [0.1, 0.15) is 42.0 Å². The van der Waals surface area contributed by atoms with Crippen molar-refractivity contribution in [1.82, 2.24) is 29.8 Å². The highest BCUT2D eigenvalue weighted by atomic mass is 35.5. The Kier molecular flexibility index (Phi) is 8.17. The van der Waals surface area contributed by atoms with Gasteiger partial charge in [-0.2, -0.15) is 18.3 Å². The lowest BCUT2D eigenvalue weighted by molar-refractivity contribution is -0.210. The minimum atomic E-state index is -4.80. The van der Waals surface area contributed by atoms with E-state index >= 15 is 4.39 Å². The maximum absolute atomic E-state index is 15.0. The third-order valence-corrected chi connectivity index (χ3v) is 7.26. The lowest BCUT2D eigenvalue weighted by Gasteiger charge is -2.41. The molecule has 1 fully saturated rings. The van der Waals surface area contributed by atoms with Crippen LogP contribution in [0.2, 0.25) is 10.0 Å². The molecule has 0 unspecified atom stereocenters. The van der Waals surface area contributed by atoms with Gasteiger partial charge in [-0.1, -0.05) is 28.4 Å². The molecule has 1 aliphatic heterocycles. The van der Waals surface area contributed by atoms with Gasteiger partial charge >= 0.3 is 6.18 Å². The Balaban J connectivity index is 1.58. The maximum Gasteiger partial charge on any atom is 0.418 e. The number of aliphatic hydroxyl groups excluding tert-OH is 3. The number of halogens is 6. The second kappa shape index (κ2) is 11.4. The molecule has 0 aliphatic carbocycles. The Morgan fingerprint density at radius 1 is 1.12 bits per heavy atom. The van der Waals surface area contributed by atoms with Crippen molar-refractivity contribution in [1.29, 1.82) is 0 Å². The van der Waals surface area contributed by atoms with Crippen LogP contribution in [0.1, 0.15) is 29.4 Å². The van der Waals surface area contributed by atoms with E-state index in [0.717, 1.165) is 27.6 Å². The van der Waals surface area contributed by atoms with Crippen LogP contribution in [-0.4, -0.2) is 77.1 Å². The number of nitrogens with zero attached hydrogens (tertiary/aromatic N) is 6. The number of rotatable bonds is 6. The summed E-state index contributed by atoms with van der Waals surface area (Å²) in [6.45, 7) is 0.672. The van der Waals surface area contributed by atoms with E-state index in [0.29, 0.717) is 0 Å². The molecule has 3 heterocycles. The van der Waals surface area contributed by atoms with E-state index in [4.69, 9.17) is 32.7 Å². The molecule has 0 radical (unpaired) electrons. The molecule has 3 N–H and O–H groups in total. The first kappa shape index (κ1) is 30.1. The number of aryl methyl sites for hydroxylation is 1. The summed E-state index contributed by atoms with van der Waals surface area (Å²) in [5, 5.41) is 44.3. The summed E-state index contributed by atoms with van der Waals surface area (Å²) in [5.41, 5.74) is -1.64. The molecule has 1 aliphatic rings. The molecule has 4 aromatic rings. The molecule has 0 bridgehead atoms. The molecule has 0 amide bonds. The molecule has 2 aromatic heterocycles. The first-order valence-corrected chi connectivity index (χ1v) is 13.0. The normalized spacial score (nSPS) is 22.9. The second-order valence-corrected chi connectivity index (χ2v) is 10.2. The molecule has 0 saturated carbocycles. The van der Waals surface area contributed by atoms with Gasteiger partial charge in [0.15, 0.2) is 17.4 Å². The topological polar surface area (TPSA) is 141 Å². The number of aliphatic hydroxyl groups is 3. The van der Waals surface area contributed by atoms with Crippen molar-refractivity contribution in [3.63, 3.8) is 0 Å². The zero-order chi connectivity index (χ0) is 30.5. The van der Waals surface area contributed by atoms with Crippen molar-refractivity contribution < 1.29 is 42.4 Å². The van der Waals surface area contributed by atoms with Gasteiger partial charge in [0.2, 0.25) is 0 Å². The minimum Gasteiger partial charge on any atom is -0.492 e. The third kappa shape index (κ3) is 5.31. The average Bonchev–Trinajstić information content (AvgIpc) is 3.55. The van der Waals surface area contributed by atoms with Crippen LogP contribution in [0, 0.1) is 12.7 Å². The molecule has 2 aromatic carbocycles. The van der Waals surface area contributed by atoms with Crippen LogP contribution in [0.4, 0.5) is 17.6 Å². The lowest BCUT2D eigenvalue weighted by atomic mass is 9.92. The fourth-order valence-electron chi connectivity index (χ4n) is 4.80. The molecule has 11 nitrogen and oxygen atoms in total. The summed E-state index contributed by atoms with van der Waals surface area (Å²) in [4.78, 5) is 4.20. The van der Waals surface area contributed by atoms with Crippen molar-refractivity contribution in [3.05, 3.63) is 69.6 Å². The van der Waals surface area contributed by atoms with Gasteiger partial charge in [-0.05, 0) is 37.3 Å². The van der Waals surface area contributed by atoms with E-state index in [1.165, 1.54) is 32.4 Å². The van der Waals surface area contributed by atoms with Crippen molar-refractivity contribution in [2.75, 3.05) is 13.7 Å². The Morgan fingerprint density at radius 3 is 2.52 bits per heavy atom. The van der Waals surface area contributed by atoms with Gasteiger partial charge < -0.3 is 24.8 Å². The van der Waals surface area contributed by atoms with Crippen molar-refractivity contribution in [2.24, 2.45) is 0 Å². The summed E-state index contributed by atoms with van der Waals surface area (Å²) >= 11 is 12.0. The van der Waals surface area contributed by atoms with Gasteiger partial charge in [0.25, 0.3) is 0 Å². The first-order chi connectivity index (χ1) is 19.8. The van der Waals surface area contributed by atoms with Crippen LogP contribution < -0.4 is 4.74 Å². The smallest absolute Gasteiger partial charge is 0.418 e. The third-order valence-electron chi connectivity index (χ3n) is 6.72. The number of aromatic nitrogens is 6. The van der Waals surface area contributed by atoms with Gasteiger partial charge in [0, 0.05) is 10.6 Å². The van der Waals surface area contributed by atoms with E-state index in [1.807, 2.05) is 0 Å². The van der Waals surface area contributed by atoms with Gasteiger partial charge in [-0.15, -0.1) is 5.10 Å². The summed E-state index contributed by atoms with van der Waals surface area (Å²) in [5.74, 6) is -1.30. The maximum atomic E-state index is 15.0. The Hall–Kier alpha value is -3.34. The predicted molar refractivity (Wildman–Crippen MR) is 139 cm³/mol. The van der Waals surface area contributed by atoms with E-state index in [-0.39, 0.29) is 38.7 Å². The largest absolute Gasteiger partial charge is 0.492 e. The number of methoxy groups -OCH3 is 1. The van der Waals surface area contributed by atoms with Crippen molar-refractivity contribution in [2.45, 2.75) is 43.6 Å². The number of hydrogen-bond acceptors (Lipinski definition) is 9. The molecule has 224 valence electrons. The summed E-state index contributed by atoms with van der Waals surface area (Å²) in [6.07, 6.45) is -9.76. The zero-order valence-corrected chi connectivity index (χ0v) is 23.2. The SMILES string of the molecule is COc1c(Cl)ccc(-c2cn([C@H]3[C@@H](O)[C@@H](CO)O[C@@H](c4nc(C)nn4-c4cc(Cl)ccc4C(F)(F)F)[C@@H]3O)nn2)c1F. The molecule has 1 saturated heterocycles. The Morgan fingerprint density at radius 2 is 1.86 bits per heavy atom. The molecule has 5 rings (SSSR count). The number of alkyl halides is 3. The standard InChI is InChI=1S/C25H22Cl2F4N6O5/c1-10-32-24(37(34-10)16-7-11(26)3-5-13(16)25(29,30)31)23-21(40)19(20(39)17(9-38)42-23)36-8-15(33-35-36)12-4-6-14(27)22(41-2)18(12)28/h3-8,17,19-21,23,38-40H,9H2,1-2H3/t17-,19+,20+,21-,23-/m1/s1. The summed E-state index contributed by atoms with van der Waals surface area (Å²) in [6, 6.07) is 4.21. The quantitative estimate of drug-likeness (QED) is 0.271. The van der Waals surface area contributed by atoms with Crippen LogP contribution in [0.5, 0.6) is 5.75 Å². The van der Waals surface area contributed by atoms with E-state index < -0.39 is 60.3 Å². The number of benzene rings is 2. The van der Waals surface area contributed by atoms with E-state index in [1.54, 1.807) is 0 Å². The highest BCUT2D eigenvalue weighted by molar-refractivity contribution is 6.32. The second-order valence-electron chi connectivity index (χ2n) is 9.36. The van der Waals surface area contributed by atoms with Crippen molar-refractivity contribution in [3.8, 4) is 22.7 Å². The fraction of sp³-hybridized carbons (Fsp3) is 0.360. The van der Waals surface area contributed by atoms with E-state index in [9.17, 15) is 28.5 Å². The molecule has 42 heavy (non-hydrogen) atoms. The van der Waals surface area contributed by atoms with Crippen LogP contribution >= 0.6 is 23.2 Å². The van der Waals surface area contributed by atoms with Crippen LogP contribution in [0.15, 0.2) is 36.5 Å². The monoisotopic (exact) mass is 632 g/mol. The lowest BCUT2D eigenvalue weighted by Crippen LogP contribution is -2.53. The van der Waals surface area contributed by atoms with Crippen molar-refractivity contribution >= 4 is 23.2 Å². The summed E-state index contributed by atoms with van der Waals surface area (Å²) in [7, 11) is 1.23. The molecule has 0 spiro atoms. The van der Waals surface area contributed by atoms with E-state index in [2.05, 4.69) is 20.4 Å². The fourth-order valence-corrected chi connectivity index (χ4v) is 5.19. The highest BCUT2D eigenvalue weighted by Crippen LogP contribution is 2.41. The van der Waals surface area contributed by atoms with Crippen LogP contribution in [0.25, 0.3) is 16.9 Å². The Bertz CT molecular complexity index is 1620. The first-order valence-electron chi connectivity index (χ1n) is 12.2. The summed E-state index contributed by atoms with van der Waals surface area (Å²) < 4.78 is 69.4. The predicted octanol–water partition coefficient (Wildman–Crippen LogP) is 3.70. The number of hydrogen-bond donors (Lipinski definition) is 3. The number of ether oxygens (including phenoxy) is 2. The molecular weight excluding hydrogens is 611 g/mol. The van der Waals surface area contributed by atoms with Gasteiger partial charge in [-0.3, -0.25) is 0 Å². The molecule has 5 atom stereocenters. The van der Waals surface area contributed by atoms with Gasteiger partial charge in [-0.25, -0.2) is 18.7 Å². The van der Waals surface area contributed by atoms with Gasteiger partial charge in [0.05, 0.1) is 36.2 Å². The molecule has 17 heteroatoms. The Labute approximate surface area is 244 Å².